The molecule has 0 aromatic carbocycles. The van der Waals surface area contributed by atoms with Crippen LogP contribution in [0.1, 0.15) is 0 Å². The fraction of sp³-hybridized carbons (Fsp3) is 0.294. The van der Waals surface area contributed by atoms with E-state index < -0.39 is 0 Å². The minimum absolute atomic E-state index is 0.451. The second-order valence-electron chi connectivity index (χ2n) is 6.31. The molecule has 6 nitrogen and oxygen atoms in total. The Hall–Kier alpha value is -2.47. The molecule has 0 unspecified atom stereocenters. The molecule has 7 heteroatoms. The van der Waals surface area contributed by atoms with Gasteiger partial charge in [0.1, 0.15) is 11.0 Å². The van der Waals surface area contributed by atoms with E-state index in [2.05, 4.69) is 36.2 Å². The third-order valence-corrected chi connectivity index (χ3v) is 5.10. The number of pyridine rings is 2. The van der Waals surface area contributed by atoms with Crippen molar-refractivity contribution in [1.82, 2.24) is 19.9 Å². The van der Waals surface area contributed by atoms with E-state index in [-0.39, 0.29) is 0 Å². The van der Waals surface area contributed by atoms with Crippen LogP contribution in [0.15, 0.2) is 42.9 Å². The summed E-state index contributed by atoms with van der Waals surface area (Å²) in [6.07, 6.45) is 5.30. The van der Waals surface area contributed by atoms with Crippen molar-refractivity contribution in [3.05, 3.63) is 48.0 Å². The number of hydrogen-bond acceptors (Lipinski definition) is 6. The highest BCUT2D eigenvalue weighted by molar-refractivity contribution is 6.30. The quantitative estimate of drug-likeness (QED) is 0.740. The van der Waals surface area contributed by atoms with E-state index >= 15 is 0 Å². The van der Waals surface area contributed by atoms with Gasteiger partial charge in [-0.05, 0) is 18.2 Å². The van der Waals surface area contributed by atoms with E-state index in [0.29, 0.717) is 29.0 Å². The van der Waals surface area contributed by atoms with Gasteiger partial charge in [0.25, 0.3) is 0 Å². The second-order valence-corrected chi connectivity index (χ2v) is 6.70. The number of halogens is 1. The van der Waals surface area contributed by atoms with Gasteiger partial charge in [-0.15, -0.1) is 0 Å². The summed E-state index contributed by atoms with van der Waals surface area (Å²) in [6.45, 7) is 1.93. The molecule has 3 aromatic heterocycles. The van der Waals surface area contributed by atoms with Gasteiger partial charge in [-0.2, -0.15) is 0 Å². The predicted octanol–water partition coefficient (Wildman–Crippen LogP) is 2.62. The molecular weight excluding hydrogens is 324 g/mol. The fourth-order valence-corrected chi connectivity index (χ4v) is 3.89. The van der Waals surface area contributed by atoms with Crippen LogP contribution in [-0.2, 0) is 0 Å². The van der Waals surface area contributed by atoms with Gasteiger partial charge < -0.3 is 10.2 Å². The molecule has 1 N–H and O–H groups in total. The average molecular weight is 339 g/mol. The number of anilines is 2. The van der Waals surface area contributed by atoms with E-state index in [1.165, 1.54) is 0 Å². The van der Waals surface area contributed by atoms with Crippen LogP contribution in [0.4, 0.5) is 11.8 Å². The molecular formula is C17H15ClN6. The Kier molecular flexibility index (Phi) is 3.06. The molecule has 1 aliphatic heterocycles. The van der Waals surface area contributed by atoms with E-state index in [4.69, 9.17) is 11.6 Å². The first-order chi connectivity index (χ1) is 11.8. The Balaban J connectivity index is 1.36. The maximum absolute atomic E-state index is 6.18. The predicted molar refractivity (Wildman–Crippen MR) is 93.2 cm³/mol. The third kappa shape index (κ3) is 2.26. The standard InChI is InChI=1S/C17H15ClN6/c18-14-7-13-10(3-1-4-19-13)16(22-14)24-8-11-12(9-24)15(11)23-17-20-5-2-6-21-17/h1-7,11-12,15H,8-9H2,(H,20,21,23)/t11-,12+,15+. The van der Waals surface area contributed by atoms with Crippen LogP contribution >= 0.6 is 11.6 Å². The van der Waals surface area contributed by atoms with Crippen molar-refractivity contribution in [3.8, 4) is 0 Å². The molecule has 3 aromatic rings. The zero-order valence-corrected chi connectivity index (χ0v) is 13.6. The SMILES string of the molecule is Clc1cc2ncccc2c(N2C[C@@H]3[C@H](C2)[C@H]3Nc2ncccn2)n1. The largest absolute Gasteiger partial charge is 0.355 e. The maximum atomic E-state index is 6.18. The van der Waals surface area contributed by atoms with Crippen molar-refractivity contribution in [2.45, 2.75) is 6.04 Å². The van der Waals surface area contributed by atoms with Crippen LogP contribution < -0.4 is 10.2 Å². The summed E-state index contributed by atoms with van der Waals surface area (Å²) in [5, 5.41) is 4.98. The molecule has 0 radical (unpaired) electrons. The van der Waals surface area contributed by atoms with Gasteiger partial charge in [-0.3, -0.25) is 4.98 Å². The summed E-state index contributed by atoms with van der Waals surface area (Å²) in [5.41, 5.74) is 0.889. The van der Waals surface area contributed by atoms with Crippen molar-refractivity contribution < 1.29 is 0 Å². The van der Waals surface area contributed by atoms with E-state index in [9.17, 15) is 0 Å². The fourth-order valence-electron chi connectivity index (χ4n) is 3.71. The molecule has 1 saturated carbocycles. The van der Waals surface area contributed by atoms with Gasteiger partial charge in [0.05, 0.1) is 5.52 Å². The van der Waals surface area contributed by atoms with Crippen LogP contribution in [0, 0.1) is 11.8 Å². The monoisotopic (exact) mass is 338 g/mol. The molecule has 2 aliphatic rings. The topological polar surface area (TPSA) is 66.8 Å². The lowest BCUT2D eigenvalue weighted by molar-refractivity contribution is 0.757. The van der Waals surface area contributed by atoms with Crippen LogP contribution in [0.25, 0.3) is 10.9 Å². The molecule has 0 bridgehead atoms. The van der Waals surface area contributed by atoms with E-state index in [1.54, 1.807) is 18.6 Å². The van der Waals surface area contributed by atoms with Crippen molar-refractivity contribution in [2.24, 2.45) is 11.8 Å². The van der Waals surface area contributed by atoms with Gasteiger partial charge >= 0.3 is 0 Å². The van der Waals surface area contributed by atoms with Crippen molar-refractivity contribution in [3.63, 3.8) is 0 Å². The molecule has 5 rings (SSSR count). The highest BCUT2D eigenvalue weighted by Gasteiger charge is 2.56. The molecule has 4 heterocycles. The zero-order chi connectivity index (χ0) is 16.1. The molecule has 3 atom stereocenters. The van der Waals surface area contributed by atoms with Gasteiger partial charge in [0.15, 0.2) is 0 Å². The number of rotatable bonds is 3. The molecule has 24 heavy (non-hydrogen) atoms. The second kappa shape index (κ2) is 5.27. The first kappa shape index (κ1) is 13.9. The van der Waals surface area contributed by atoms with E-state index in [0.717, 1.165) is 29.8 Å². The van der Waals surface area contributed by atoms with Crippen LogP contribution in [0.5, 0.6) is 0 Å². The van der Waals surface area contributed by atoms with Crippen molar-refractivity contribution in [1.29, 1.82) is 0 Å². The van der Waals surface area contributed by atoms with E-state index in [1.807, 2.05) is 18.2 Å². The highest BCUT2D eigenvalue weighted by Crippen LogP contribution is 2.48. The Morgan fingerprint density at radius 3 is 2.58 bits per heavy atom. The molecule has 120 valence electrons. The average Bonchev–Trinajstić information content (AvgIpc) is 3.05. The Labute approximate surface area is 143 Å². The normalized spacial score (nSPS) is 24.9. The summed E-state index contributed by atoms with van der Waals surface area (Å²) >= 11 is 6.18. The smallest absolute Gasteiger partial charge is 0.222 e. The Morgan fingerprint density at radius 1 is 1.04 bits per heavy atom. The summed E-state index contributed by atoms with van der Waals surface area (Å²) in [6, 6.07) is 8.08. The number of hydrogen-bond donors (Lipinski definition) is 1. The lowest BCUT2D eigenvalue weighted by Gasteiger charge is -2.22. The zero-order valence-electron chi connectivity index (χ0n) is 12.8. The third-order valence-electron chi connectivity index (χ3n) is 4.90. The number of nitrogens with one attached hydrogen (secondary N) is 1. The molecule has 1 saturated heterocycles. The minimum atomic E-state index is 0.451. The van der Waals surface area contributed by atoms with Crippen LogP contribution in [-0.4, -0.2) is 39.1 Å². The van der Waals surface area contributed by atoms with Gasteiger partial charge in [-0.25, -0.2) is 15.0 Å². The first-order valence-corrected chi connectivity index (χ1v) is 8.37. The van der Waals surface area contributed by atoms with Crippen LogP contribution in [0.2, 0.25) is 5.15 Å². The minimum Gasteiger partial charge on any atom is -0.355 e. The molecule has 2 fully saturated rings. The summed E-state index contributed by atoms with van der Waals surface area (Å²) in [4.78, 5) is 19.7. The first-order valence-electron chi connectivity index (χ1n) is 7.99. The highest BCUT2D eigenvalue weighted by atomic mass is 35.5. The van der Waals surface area contributed by atoms with Crippen LogP contribution in [0.3, 0.4) is 0 Å². The lowest BCUT2D eigenvalue weighted by atomic mass is 10.2. The summed E-state index contributed by atoms with van der Waals surface area (Å²) in [7, 11) is 0. The molecule has 1 aliphatic carbocycles. The summed E-state index contributed by atoms with van der Waals surface area (Å²) in [5.74, 6) is 2.84. The summed E-state index contributed by atoms with van der Waals surface area (Å²) < 4.78 is 0. The Morgan fingerprint density at radius 2 is 1.79 bits per heavy atom. The molecule has 0 amide bonds. The maximum Gasteiger partial charge on any atom is 0.222 e. The number of nitrogens with zero attached hydrogens (tertiary/aromatic N) is 5. The van der Waals surface area contributed by atoms with Crippen molar-refractivity contribution in [2.75, 3.05) is 23.3 Å². The van der Waals surface area contributed by atoms with Gasteiger partial charge in [-0.1, -0.05) is 11.6 Å². The number of fused-ring (bicyclic) bond motifs is 2. The van der Waals surface area contributed by atoms with Crippen molar-refractivity contribution >= 4 is 34.3 Å². The number of piperidine rings is 1. The molecule has 0 spiro atoms. The lowest BCUT2D eigenvalue weighted by Crippen LogP contribution is -2.29. The number of aromatic nitrogens is 4. The van der Waals surface area contributed by atoms with Gasteiger partial charge in [0.2, 0.25) is 5.95 Å². The van der Waals surface area contributed by atoms with Gasteiger partial charge in [0, 0.05) is 61.0 Å². The Bertz CT molecular complexity index is 890.